The number of pyridine rings is 1. The van der Waals surface area contributed by atoms with E-state index in [-0.39, 0.29) is 12.0 Å². The fourth-order valence-electron chi connectivity index (χ4n) is 1.42. The molecule has 11 nitrogen and oxygen atoms in total. The smallest absolute Gasteiger partial charge is 0.337 e. The Kier molecular flexibility index (Phi) is 3.92. The second-order valence-corrected chi connectivity index (χ2v) is 3.71. The van der Waals surface area contributed by atoms with Crippen LogP contribution in [0.3, 0.4) is 0 Å². The third-order valence-corrected chi connectivity index (χ3v) is 2.31. The zero-order chi connectivity index (χ0) is 15.4. The molecule has 3 N–H and O–H groups in total. The van der Waals surface area contributed by atoms with Gasteiger partial charge in [0.15, 0.2) is 0 Å². The molecule has 110 valence electrons. The second-order valence-electron chi connectivity index (χ2n) is 3.71. The number of nitrogens with one attached hydrogen (secondary N) is 3. The lowest BCUT2D eigenvalue weighted by molar-refractivity contribution is -0.385. The third-order valence-electron chi connectivity index (χ3n) is 2.31. The number of H-pyrrole nitrogens is 2. The Balaban J connectivity index is 2.21. The van der Waals surface area contributed by atoms with Crippen molar-refractivity contribution in [1.29, 1.82) is 0 Å². The van der Waals surface area contributed by atoms with Gasteiger partial charge in [0.2, 0.25) is 5.95 Å². The van der Waals surface area contributed by atoms with Crippen LogP contribution >= 0.6 is 0 Å². The molecule has 2 aromatic rings. The molecule has 0 aliphatic rings. The minimum absolute atomic E-state index is 0.0285. The van der Waals surface area contributed by atoms with Crippen LogP contribution in [0, 0.1) is 10.1 Å². The van der Waals surface area contributed by atoms with Gasteiger partial charge in [-0.2, -0.15) is 4.98 Å². The molecule has 1 amide bonds. The first-order valence-electron chi connectivity index (χ1n) is 5.75. The van der Waals surface area contributed by atoms with Crippen molar-refractivity contribution in [3.05, 3.63) is 38.3 Å². The average molecular weight is 294 g/mol. The Morgan fingerprint density at radius 1 is 1.57 bits per heavy atom. The van der Waals surface area contributed by atoms with Gasteiger partial charge < -0.3 is 9.72 Å². The second kappa shape index (κ2) is 5.81. The Labute approximate surface area is 116 Å². The number of carbonyl (C=O) groups excluding carboxylic acids is 1. The summed E-state index contributed by atoms with van der Waals surface area (Å²) >= 11 is 0. The highest BCUT2D eigenvalue weighted by molar-refractivity contribution is 6.03. The highest BCUT2D eigenvalue weighted by Gasteiger charge is 2.17. The molecule has 2 rings (SSSR count). The molecule has 0 unspecified atom stereocenters. The molecule has 0 bridgehead atoms. The van der Waals surface area contributed by atoms with Crippen molar-refractivity contribution >= 4 is 17.5 Å². The molecule has 0 aliphatic carbocycles. The molecule has 0 fully saturated rings. The van der Waals surface area contributed by atoms with E-state index in [1.807, 2.05) is 0 Å². The predicted molar refractivity (Wildman–Crippen MR) is 69.2 cm³/mol. The summed E-state index contributed by atoms with van der Waals surface area (Å²) < 4.78 is 4.99. The molecule has 0 atom stereocenters. The monoisotopic (exact) mass is 294 g/mol. The number of amides is 1. The van der Waals surface area contributed by atoms with Gasteiger partial charge in [0.05, 0.1) is 17.7 Å². The molecule has 2 aromatic heterocycles. The Morgan fingerprint density at radius 2 is 2.33 bits per heavy atom. The molecule has 0 radical (unpaired) electrons. The minimum Gasteiger partial charge on any atom is -0.463 e. The molecular formula is C10H10N6O5. The SMILES string of the molecule is CCOc1n[nH]c(NC(=O)c2cc([N+](=O)[O-])c[nH]c2=O)n1. The van der Waals surface area contributed by atoms with Crippen molar-refractivity contribution in [2.24, 2.45) is 0 Å². The van der Waals surface area contributed by atoms with Crippen LogP contribution in [0.25, 0.3) is 0 Å². The number of hydrogen-bond acceptors (Lipinski definition) is 7. The summed E-state index contributed by atoms with van der Waals surface area (Å²) in [5.74, 6) is -0.909. The first kappa shape index (κ1) is 14.2. The summed E-state index contributed by atoms with van der Waals surface area (Å²) in [6.45, 7) is 2.08. The molecule has 0 aromatic carbocycles. The molecule has 21 heavy (non-hydrogen) atoms. The Morgan fingerprint density at radius 3 is 3.00 bits per heavy atom. The third kappa shape index (κ3) is 3.20. The molecule has 2 heterocycles. The largest absolute Gasteiger partial charge is 0.463 e. The van der Waals surface area contributed by atoms with Crippen molar-refractivity contribution in [2.45, 2.75) is 6.92 Å². The van der Waals surface area contributed by atoms with Crippen LogP contribution in [-0.4, -0.2) is 37.6 Å². The summed E-state index contributed by atoms with van der Waals surface area (Å²) in [4.78, 5) is 39.2. The Hall–Kier alpha value is -3.24. The number of aromatic nitrogens is 4. The number of nitro groups is 1. The van der Waals surface area contributed by atoms with E-state index in [9.17, 15) is 19.7 Å². The first-order valence-corrected chi connectivity index (χ1v) is 5.75. The molecule has 0 spiro atoms. The molecule has 0 saturated heterocycles. The number of anilines is 1. The zero-order valence-corrected chi connectivity index (χ0v) is 10.7. The maximum absolute atomic E-state index is 11.9. The zero-order valence-electron chi connectivity index (χ0n) is 10.7. The van der Waals surface area contributed by atoms with Gasteiger partial charge in [0.25, 0.3) is 17.2 Å². The van der Waals surface area contributed by atoms with E-state index < -0.39 is 27.6 Å². The summed E-state index contributed by atoms with van der Waals surface area (Å²) in [5, 5.41) is 18.9. The topological polar surface area (TPSA) is 156 Å². The number of carbonyl (C=O) groups is 1. The van der Waals surface area contributed by atoms with E-state index in [0.717, 1.165) is 12.3 Å². The number of ether oxygens (including phenoxy) is 1. The van der Waals surface area contributed by atoms with Gasteiger partial charge in [-0.3, -0.25) is 25.0 Å². The van der Waals surface area contributed by atoms with Crippen LogP contribution in [-0.2, 0) is 0 Å². The van der Waals surface area contributed by atoms with Crippen LogP contribution in [0.4, 0.5) is 11.6 Å². The lowest BCUT2D eigenvalue weighted by Gasteiger charge is -2.00. The van der Waals surface area contributed by atoms with Crippen molar-refractivity contribution in [2.75, 3.05) is 11.9 Å². The number of nitrogens with zero attached hydrogens (tertiary/aromatic N) is 3. The van der Waals surface area contributed by atoms with Gasteiger partial charge in [0.1, 0.15) is 5.56 Å². The number of aromatic amines is 2. The lowest BCUT2D eigenvalue weighted by atomic mass is 10.2. The highest BCUT2D eigenvalue weighted by Crippen LogP contribution is 2.10. The van der Waals surface area contributed by atoms with E-state index in [1.165, 1.54) is 0 Å². The number of rotatable bonds is 5. The van der Waals surface area contributed by atoms with Gasteiger partial charge >= 0.3 is 6.01 Å². The van der Waals surface area contributed by atoms with Crippen molar-refractivity contribution in [1.82, 2.24) is 20.2 Å². The summed E-state index contributed by atoms with van der Waals surface area (Å²) in [6, 6.07) is 0.898. The van der Waals surface area contributed by atoms with E-state index >= 15 is 0 Å². The van der Waals surface area contributed by atoms with Crippen LogP contribution in [0.5, 0.6) is 6.01 Å². The quantitative estimate of drug-likeness (QED) is 0.519. The van der Waals surface area contributed by atoms with E-state index in [4.69, 9.17) is 4.74 Å². The van der Waals surface area contributed by atoms with Crippen molar-refractivity contribution in [3.63, 3.8) is 0 Å². The number of hydrogen-bond donors (Lipinski definition) is 3. The molecular weight excluding hydrogens is 284 g/mol. The van der Waals surface area contributed by atoms with Crippen LogP contribution < -0.4 is 15.6 Å². The average Bonchev–Trinajstić information content (AvgIpc) is 2.86. The summed E-state index contributed by atoms with van der Waals surface area (Å²) in [5.41, 5.74) is -1.59. The predicted octanol–water partition coefficient (Wildman–Crippen LogP) is 0.0522. The molecule has 0 aliphatic heterocycles. The van der Waals surface area contributed by atoms with Crippen LogP contribution in [0.15, 0.2) is 17.1 Å². The van der Waals surface area contributed by atoms with Gasteiger partial charge in [-0.05, 0) is 6.92 Å². The van der Waals surface area contributed by atoms with E-state index in [0.29, 0.717) is 6.61 Å². The van der Waals surface area contributed by atoms with Crippen molar-refractivity contribution in [3.8, 4) is 6.01 Å². The van der Waals surface area contributed by atoms with E-state index in [2.05, 4.69) is 25.5 Å². The highest BCUT2D eigenvalue weighted by atomic mass is 16.6. The molecule has 0 saturated carbocycles. The maximum atomic E-state index is 11.9. The van der Waals surface area contributed by atoms with E-state index in [1.54, 1.807) is 6.92 Å². The van der Waals surface area contributed by atoms with Crippen LogP contribution in [0.1, 0.15) is 17.3 Å². The lowest BCUT2D eigenvalue weighted by Crippen LogP contribution is -2.23. The normalized spacial score (nSPS) is 10.1. The standard InChI is InChI=1S/C10H10N6O5/c1-2-21-10-13-9(14-15-10)12-8(18)6-3-5(16(19)20)4-11-7(6)17/h3-4H,2H2,1H3,(H,11,17)(H2,12,13,14,15,18). The molecule has 11 heteroatoms. The van der Waals surface area contributed by atoms with Crippen molar-refractivity contribution < 1.29 is 14.5 Å². The van der Waals surface area contributed by atoms with Gasteiger partial charge in [0, 0.05) is 6.07 Å². The minimum atomic E-state index is -0.862. The van der Waals surface area contributed by atoms with Gasteiger partial charge in [-0.25, -0.2) is 5.10 Å². The first-order chi connectivity index (χ1) is 10.0. The Bertz CT molecular complexity index is 736. The summed E-state index contributed by atoms with van der Waals surface area (Å²) in [6.07, 6.45) is 0.904. The fourth-order valence-corrected chi connectivity index (χ4v) is 1.42. The van der Waals surface area contributed by atoms with Gasteiger partial charge in [-0.1, -0.05) is 0 Å². The summed E-state index contributed by atoms with van der Waals surface area (Å²) in [7, 11) is 0. The maximum Gasteiger partial charge on any atom is 0.337 e. The fraction of sp³-hybridized carbons (Fsp3) is 0.200. The van der Waals surface area contributed by atoms with Gasteiger partial charge in [-0.15, -0.1) is 5.10 Å². The van der Waals surface area contributed by atoms with Crippen LogP contribution in [0.2, 0.25) is 0 Å².